The summed E-state index contributed by atoms with van der Waals surface area (Å²) >= 11 is 0. The number of phenolic OH excluding ortho intramolecular Hbond substituents is 1. The van der Waals surface area contributed by atoms with Crippen molar-refractivity contribution in [3.63, 3.8) is 0 Å². The molecule has 4 N–H and O–H groups in total. The Morgan fingerprint density at radius 1 is 1.18 bits per heavy atom. The number of allylic oxidation sites excluding steroid dienone is 1. The molecule has 178 valence electrons. The van der Waals surface area contributed by atoms with Crippen LogP contribution in [0.2, 0.25) is 0 Å². The van der Waals surface area contributed by atoms with Crippen molar-refractivity contribution in [1.29, 1.82) is 0 Å². The number of nitrogens with zero attached hydrogens (tertiary/aromatic N) is 3. The van der Waals surface area contributed by atoms with Gasteiger partial charge in [0.15, 0.2) is 11.4 Å². The third kappa shape index (κ3) is 5.97. The summed E-state index contributed by atoms with van der Waals surface area (Å²) in [4.78, 5) is 37.7. The molecule has 1 aliphatic rings. The molecule has 0 aromatic heterocycles. The van der Waals surface area contributed by atoms with E-state index in [1.807, 2.05) is 20.8 Å². The Kier molecular flexibility index (Phi) is 7.00. The Balaban J connectivity index is 1.79. The predicted octanol–water partition coefficient (Wildman–Crippen LogP) is 1.76. The van der Waals surface area contributed by atoms with Crippen molar-refractivity contribution in [2.75, 3.05) is 13.1 Å². The second-order valence-electron chi connectivity index (χ2n) is 8.98. The summed E-state index contributed by atoms with van der Waals surface area (Å²) in [5, 5.41) is 30.8. The molecule has 34 heavy (non-hydrogen) atoms. The number of aromatic carboxylic acids is 1. The van der Waals surface area contributed by atoms with Crippen molar-refractivity contribution in [3.05, 3.63) is 59.9 Å². The number of para-hydroxylation sites is 1. The van der Waals surface area contributed by atoms with Crippen LogP contribution in [0.3, 0.4) is 0 Å². The molecule has 0 saturated heterocycles. The van der Waals surface area contributed by atoms with Crippen LogP contribution in [0.1, 0.15) is 38.1 Å². The molecule has 2 aromatic rings. The standard InChI is InChI=1S/C24H27N5O5/c1-15-12-28(13-20(30)25-24(2,3)4)14-21(31)29(15)27-26-19-10-6-9-18(22(19)32)16-7-5-8-17(11-16)23(33)34/h5-12,32H,13-14H2,1-4H3,(H,25,30)(H,33,34)/p+1. The molecule has 0 unspecified atom stereocenters. The van der Waals surface area contributed by atoms with Gasteiger partial charge in [-0.05, 0) is 44.5 Å². The fourth-order valence-corrected chi connectivity index (χ4v) is 3.47. The summed E-state index contributed by atoms with van der Waals surface area (Å²) in [6, 6.07) is 11.1. The van der Waals surface area contributed by atoms with Gasteiger partial charge in [0.25, 0.3) is 0 Å². The summed E-state index contributed by atoms with van der Waals surface area (Å²) in [6.07, 6.45) is 1.67. The molecule has 0 atom stereocenters. The fraction of sp³-hybridized carbons (Fsp3) is 0.292. The predicted molar refractivity (Wildman–Crippen MR) is 124 cm³/mol. The molecule has 3 rings (SSSR count). The molecule has 1 aliphatic heterocycles. The van der Waals surface area contributed by atoms with Gasteiger partial charge in [-0.25, -0.2) is 9.59 Å². The van der Waals surface area contributed by atoms with Crippen molar-refractivity contribution in [2.24, 2.45) is 5.22 Å². The highest BCUT2D eigenvalue weighted by Gasteiger charge is 2.31. The molecular formula is C24H28N5O5+. The van der Waals surface area contributed by atoms with Gasteiger partial charge in [-0.1, -0.05) is 29.3 Å². The van der Waals surface area contributed by atoms with Crippen LogP contribution in [0.15, 0.2) is 59.6 Å². The van der Waals surface area contributed by atoms with Crippen molar-refractivity contribution in [1.82, 2.24) is 15.2 Å². The summed E-state index contributed by atoms with van der Waals surface area (Å²) in [7, 11) is 0. The van der Waals surface area contributed by atoms with Crippen LogP contribution >= 0.6 is 0 Å². The van der Waals surface area contributed by atoms with Crippen LogP contribution in [-0.2, 0) is 9.59 Å². The van der Waals surface area contributed by atoms with Gasteiger partial charge in [0, 0.05) is 24.2 Å². The molecule has 0 spiro atoms. The first-order chi connectivity index (χ1) is 15.9. The van der Waals surface area contributed by atoms with E-state index < -0.39 is 5.97 Å². The maximum atomic E-state index is 12.6. The smallest absolute Gasteiger partial charge is 0.353 e. The van der Waals surface area contributed by atoms with Crippen LogP contribution in [0, 0.1) is 0 Å². The Bertz CT molecular complexity index is 1180. The number of hydrogen-bond donors (Lipinski definition) is 4. The van der Waals surface area contributed by atoms with Gasteiger partial charge < -0.3 is 20.4 Å². The van der Waals surface area contributed by atoms with Crippen LogP contribution in [-0.4, -0.2) is 56.5 Å². The molecule has 10 nitrogen and oxygen atoms in total. The Hall–Kier alpha value is -4.21. The first-order valence-electron chi connectivity index (χ1n) is 10.6. The lowest BCUT2D eigenvalue weighted by molar-refractivity contribution is -0.457. The Morgan fingerprint density at radius 3 is 2.53 bits per heavy atom. The summed E-state index contributed by atoms with van der Waals surface area (Å²) in [5.41, 5.74) is 1.40. The number of aromatic hydroxyl groups is 1. The minimum atomic E-state index is -1.07. The average Bonchev–Trinajstić information content (AvgIpc) is 2.73. The summed E-state index contributed by atoms with van der Waals surface area (Å²) in [6.45, 7) is 7.34. The van der Waals surface area contributed by atoms with E-state index in [4.69, 9.17) is 0 Å². The van der Waals surface area contributed by atoms with E-state index in [0.29, 0.717) is 16.8 Å². The second-order valence-corrected chi connectivity index (χ2v) is 8.98. The summed E-state index contributed by atoms with van der Waals surface area (Å²) in [5.74, 6) is -1.75. The van der Waals surface area contributed by atoms with Crippen LogP contribution in [0.4, 0.5) is 5.69 Å². The molecule has 1 heterocycles. The van der Waals surface area contributed by atoms with Crippen LogP contribution < -0.4 is 10.4 Å². The topological polar surface area (TPSA) is 137 Å². The number of amides is 2. The Labute approximate surface area is 197 Å². The first-order valence-corrected chi connectivity index (χ1v) is 10.6. The minimum Gasteiger partial charge on any atom is -0.503 e. The third-order valence-electron chi connectivity index (χ3n) is 4.87. The highest BCUT2D eigenvalue weighted by molar-refractivity contribution is 5.90. The van der Waals surface area contributed by atoms with Gasteiger partial charge >= 0.3 is 11.9 Å². The fourth-order valence-electron chi connectivity index (χ4n) is 3.47. The molecule has 10 heteroatoms. The third-order valence-corrected chi connectivity index (χ3v) is 4.87. The van der Waals surface area contributed by atoms with E-state index in [9.17, 15) is 24.6 Å². The number of nitrogens with one attached hydrogen (secondary N) is 2. The van der Waals surface area contributed by atoms with Crippen molar-refractivity contribution in [2.45, 2.75) is 33.2 Å². The number of carbonyl (C=O) groups excluding carboxylic acids is 2. The van der Waals surface area contributed by atoms with Gasteiger partial charge in [0.1, 0.15) is 12.2 Å². The van der Waals surface area contributed by atoms with E-state index in [1.165, 1.54) is 12.1 Å². The quantitative estimate of drug-likeness (QED) is 0.378. The highest BCUT2D eigenvalue weighted by atomic mass is 16.4. The lowest BCUT2D eigenvalue weighted by atomic mass is 10.0. The van der Waals surface area contributed by atoms with E-state index >= 15 is 0 Å². The molecule has 0 fully saturated rings. The van der Waals surface area contributed by atoms with E-state index in [0.717, 1.165) is 5.01 Å². The van der Waals surface area contributed by atoms with E-state index in [2.05, 4.69) is 15.7 Å². The zero-order valence-corrected chi connectivity index (χ0v) is 19.5. The largest absolute Gasteiger partial charge is 0.503 e. The Morgan fingerprint density at radius 2 is 1.88 bits per heavy atom. The zero-order valence-electron chi connectivity index (χ0n) is 19.5. The van der Waals surface area contributed by atoms with Gasteiger partial charge in [-0.3, -0.25) is 4.79 Å². The molecule has 0 radical (unpaired) electrons. The summed E-state index contributed by atoms with van der Waals surface area (Å²) < 4.78 is 0. The number of rotatable bonds is 6. The van der Waals surface area contributed by atoms with Crippen molar-refractivity contribution >= 4 is 23.5 Å². The maximum absolute atomic E-state index is 12.6. The van der Waals surface area contributed by atoms with Crippen LogP contribution in [0.5, 0.6) is 5.75 Å². The average molecular weight is 467 g/mol. The van der Waals surface area contributed by atoms with Gasteiger partial charge in [0.05, 0.1) is 17.3 Å². The first kappa shape index (κ1) is 24.4. The molecule has 0 bridgehead atoms. The van der Waals surface area contributed by atoms with Gasteiger partial charge in [0.2, 0.25) is 5.91 Å². The van der Waals surface area contributed by atoms with Crippen molar-refractivity contribution in [3.8, 4) is 16.9 Å². The number of hydrogen-bond acceptors (Lipinski definition) is 6. The molecule has 0 saturated carbocycles. The van der Waals surface area contributed by atoms with Crippen LogP contribution in [0.25, 0.3) is 11.1 Å². The molecule has 2 amide bonds. The number of carbonyl (C=O) groups is 3. The molecular weight excluding hydrogens is 438 g/mol. The molecule has 2 aromatic carbocycles. The number of benzene rings is 2. The number of phenols is 1. The van der Waals surface area contributed by atoms with Gasteiger partial charge in [-0.15, -0.1) is 5.11 Å². The maximum Gasteiger partial charge on any atom is 0.353 e. The molecule has 0 aliphatic carbocycles. The normalized spacial score (nSPS) is 14.4. The second kappa shape index (κ2) is 9.74. The van der Waals surface area contributed by atoms with Gasteiger partial charge in [-0.2, -0.15) is 0 Å². The number of carboxylic acids is 1. The van der Waals surface area contributed by atoms with E-state index in [1.54, 1.807) is 48.4 Å². The monoisotopic (exact) mass is 466 g/mol. The van der Waals surface area contributed by atoms with E-state index in [-0.39, 0.29) is 47.4 Å². The number of carboxylic acid groups (broad SMARTS) is 1. The SMILES string of the molecule is CC1=CN(CC(=O)NC(C)(C)C)CC(=O)N1N=[NH+]c1cccc(-c2cccc(C(=O)O)c2)c1O. The lowest BCUT2D eigenvalue weighted by Crippen LogP contribution is -2.61. The lowest BCUT2D eigenvalue weighted by Gasteiger charge is -2.27. The van der Waals surface area contributed by atoms with Crippen molar-refractivity contribution < 1.29 is 29.7 Å². The minimum absolute atomic E-state index is 0.0336. The highest BCUT2D eigenvalue weighted by Crippen LogP contribution is 2.33. The zero-order chi connectivity index (χ0) is 25.0.